The molecule has 0 unspecified atom stereocenters. The minimum Gasteiger partial charge on any atom is -0.321 e. The normalized spacial score (nSPS) is 13.0. The van der Waals surface area contributed by atoms with Crippen molar-refractivity contribution in [3.05, 3.63) is 57.3 Å². The maximum absolute atomic E-state index is 6.48. The van der Waals surface area contributed by atoms with E-state index >= 15 is 0 Å². The molecule has 0 radical (unpaired) electrons. The van der Waals surface area contributed by atoms with Crippen LogP contribution >= 0.6 is 45.3 Å². The van der Waals surface area contributed by atoms with Gasteiger partial charge in [0.2, 0.25) is 0 Å². The van der Waals surface area contributed by atoms with E-state index in [1.165, 1.54) is 60.6 Å². The minimum atomic E-state index is -0.299. The average molecular weight is 510 g/mol. The van der Waals surface area contributed by atoms with E-state index in [0.29, 0.717) is 0 Å². The molecule has 0 saturated carbocycles. The van der Waals surface area contributed by atoms with Crippen molar-refractivity contribution >= 4 is 65.5 Å². The Morgan fingerprint density at radius 3 is 2.00 bits per heavy atom. The van der Waals surface area contributed by atoms with Gasteiger partial charge in [-0.1, -0.05) is 39.8 Å². The van der Waals surface area contributed by atoms with Crippen LogP contribution in [-0.4, -0.2) is 0 Å². The molecule has 4 heterocycles. The van der Waals surface area contributed by atoms with Gasteiger partial charge in [-0.25, -0.2) is 0 Å². The second kappa shape index (κ2) is 8.03. The van der Waals surface area contributed by atoms with Crippen LogP contribution in [0.1, 0.15) is 62.4 Å². The maximum atomic E-state index is 6.48. The van der Waals surface area contributed by atoms with Crippen molar-refractivity contribution < 1.29 is 0 Å². The zero-order valence-electron chi connectivity index (χ0n) is 20.4. The van der Waals surface area contributed by atoms with Gasteiger partial charge in [-0.3, -0.25) is 0 Å². The maximum Gasteiger partial charge on any atom is 0.0528 e. The lowest BCUT2D eigenvalue weighted by atomic mass is 9.94. The van der Waals surface area contributed by atoms with Crippen molar-refractivity contribution in [1.29, 1.82) is 0 Å². The molecule has 0 saturated heterocycles. The van der Waals surface area contributed by atoms with E-state index in [-0.39, 0.29) is 11.0 Å². The molecule has 0 fully saturated rings. The molecule has 0 bridgehead atoms. The Morgan fingerprint density at radius 2 is 1.39 bits per heavy atom. The topological polar surface area (TPSA) is 26.0 Å². The first-order chi connectivity index (χ1) is 15.5. The summed E-state index contributed by atoms with van der Waals surface area (Å²) in [5.74, 6) is 0. The van der Waals surface area contributed by atoms with E-state index in [4.69, 9.17) is 5.73 Å². The molecule has 1 aromatic carbocycles. The number of rotatable bonds is 4. The van der Waals surface area contributed by atoms with Crippen LogP contribution in [0, 0.1) is 6.92 Å². The Bertz CT molecular complexity index is 1470. The molecule has 0 amide bonds. The van der Waals surface area contributed by atoms with E-state index in [2.05, 4.69) is 84.9 Å². The fourth-order valence-electron chi connectivity index (χ4n) is 4.28. The van der Waals surface area contributed by atoms with Crippen LogP contribution in [0.3, 0.4) is 0 Å². The van der Waals surface area contributed by atoms with Gasteiger partial charge in [-0.05, 0) is 78.8 Å². The summed E-state index contributed by atoms with van der Waals surface area (Å²) in [7, 11) is 0. The lowest BCUT2D eigenvalue weighted by molar-refractivity contribution is 0.562. The number of fused-ring (bicyclic) bond motifs is 3. The molecular weight excluding hydrogens is 479 g/mol. The van der Waals surface area contributed by atoms with Crippen molar-refractivity contribution in [2.45, 2.75) is 65.8 Å². The molecule has 2 N–H and O–H groups in total. The van der Waals surface area contributed by atoms with Crippen molar-refractivity contribution in [1.82, 2.24) is 0 Å². The van der Waals surface area contributed by atoms with Crippen LogP contribution in [-0.2, 0) is 17.4 Å². The van der Waals surface area contributed by atoms with Gasteiger partial charge in [0.1, 0.15) is 0 Å². The van der Waals surface area contributed by atoms with Crippen LogP contribution in [0.2, 0.25) is 0 Å². The molecule has 1 nitrogen and oxygen atoms in total. The third kappa shape index (κ3) is 4.12. The molecule has 0 aliphatic carbocycles. The number of hydrogen-bond donors (Lipinski definition) is 1. The molecule has 33 heavy (non-hydrogen) atoms. The van der Waals surface area contributed by atoms with Crippen molar-refractivity contribution in [3.8, 4) is 19.5 Å². The summed E-state index contributed by atoms with van der Waals surface area (Å²) < 4.78 is 2.86. The zero-order valence-corrected chi connectivity index (χ0v) is 23.6. The van der Waals surface area contributed by atoms with Gasteiger partial charge >= 0.3 is 0 Å². The van der Waals surface area contributed by atoms with Gasteiger partial charge in [0.15, 0.2) is 0 Å². The summed E-state index contributed by atoms with van der Waals surface area (Å²) in [6.45, 7) is 15.6. The van der Waals surface area contributed by atoms with Gasteiger partial charge in [-0.2, -0.15) is 0 Å². The standard InChI is InChI=1S/C28H31NS4/c1-8-16-12-20(32-26(16)28(6,7)29)19-11-15(2)23(30-19)21-13-17-9-10-18-14-22(27(3,4)5)33-25(18)24(17)31-21/h9-14H,8,29H2,1-7H3. The first kappa shape index (κ1) is 23.3. The predicted octanol–water partition coefficient (Wildman–Crippen LogP) is 9.94. The summed E-state index contributed by atoms with van der Waals surface area (Å²) in [5.41, 5.74) is 9.11. The van der Waals surface area contributed by atoms with Gasteiger partial charge in [0, 0.05) is 34.8 Å². The van der Waals surface area contributed by atoms with Crippen molar-refractivity contribution in [3.63, 3.8) is 0 Å². The summed E-state index contributed by atoms with van der Waals surface area (Å²) in [6.07, 6.45) is 1.02. The largest absolute Gasteiger partial charge is 0.321 e. The molecular formula is C28H31NS4. The Hall–Kier alpha value is -1.50. The smallest absolute Gasteiger partial charge is 0.0528 e. The lowest BCUT2D eigenvalue weighted by Gasteiger charge is -2.18. The third-order valence-electron chi connectivity index (χ3n) is 6.07. The Balaban J connectivity index is 1.60. The lowest BCUT2D eigenvalue weighted by Crippen LogP contribution is -2.28. The third-order valence-corrected chi connectivity index (χ3v) is 12.1. The Morgan fingerprint density at radius 1 is 0.758 bits per heavy atom. The van der Waals surface area contributed by atoms with Crippen LogP contribution in [0.4, 0.5) is 0 Å². The van der Waals surface area contributed by atoms with E-state index in [1.807, 2.05) is 45.3 Å². The second-order valence-corrected chi connectivity index (χ2v) is 14.7. The summed E-state index contributed by atoms with van der Waals surface area (Å²) >= 11 is 7.70. The Labute approximate surface area is 212 Å². The molecule has 0 aliphatic rings. The van der Waals surface area contributed by atoms with Crippen LogP contribution in [0.25, 0.3) is 39.7 Å². The monoisotopic (exact) mass is 509 g/mol. The van der Waals surface area contributed by atoms with Crippen molar-refractivity contribution in [2.75, 3.05) is 0 Å². The SMILES string of the molecule is CCc1cc(-c2cc(C)c(-c3cc4ccc5cc(C(C)(C)C)sc5c4s3)s2)sc1C(C)(C)N. The average Bonchev–Trinajstić information content (AvgIpc) is 3.48. The summed E-state index contributed by atoms with van der Waals surface area (Å²) in [4.78, 5) is 8.24. The molecule has 4 aromatic heterocycles. The predicted molar refractivity (Wildman–Crippen MR) is 154 cm³/mol. The first-order valence-corrected chi connectivity index (χ1v) is 14.7. The van der Waals surface area contributed by atoms with E-state index in [9.17, 15) is 0 Å². The summed E-state index contributed by atoms with van der Waals surface area (Å²) in [6, 6.07) is 14.1. The minimum absolute atomic E-state index is 0.185. The van der Waals surface area contributed by atoms with E-state index in [0.717, 1.165) is 6.42 Å². The number of hydrogen-bond acceptors (Lipinski definition) is 5. The highest BCUT2D eigenvalue weighted by Crippen LogP contribution is 2.48. The number of benzene rings is 1. The number of aryl methyl sites for hydroxylation is 2. The summed E-state index contributed by atoms with van der Waals surface area (Å²) in [5, 5.41) is 2.73. The highest BCUT2D eigenvalue weighted by Gasteiger charge is 2.23. The quantitative estimate of drug-likeness (QED) is 0.256. The van der Waals surface area contributed by atoms with Crippen LogP contribution < -0.4 is 5.73 Å². The highest BCUT2D eigenvalue weighted by atomic mass is 32.1. The molecule has 5 heteroatoms. The fraction of sp³-hybridized carbons (Fsp3) is 0.357. The number of nitrogens with two attached hydrogens (primary N) is 1. The molecule has 5 rings (SSSR count). The van der Waals surface area contributed by atoms with Gasteiger partial charge in [0.05, 0.1) is 9.40 Å². The zero-order chi connectivity index (χ0) is 23.7. The van der Waals surface area contributed by atoms with E-state index < -0.39 is 0 Å². The Kier molecular flexibility index (Phi) is 5.66. The molecule has 5 aromatic rings. The van der Waals surface area contributed by atoms with Crippen LogP contribution in [0.5, 0.6) is 0 Å². The molecule has 172 valence electrons. The van der Waals surface area contributed by atoms with Gasteiger partial charge in [-0.15, -0.1) is 45.3 Å². The highest BCUT2D eigenvalue weighted by molar-refractivity contribution is 7.31. The van der Waals surface area contributed by atoms with Gasteiger partial charge in [0.25, 0.3) is 0 Å². The van der Waals surface area contributed by atoms with Crippen LogP contribution in [0.15, 0.2) is 36.4 Å². The second-order valence-electron chi connectivity index (χ2n) is 10.5. The molecule has 0 atom stereocenters. The fourth-order valence-corrected chi connectivity index (χ4v) is 9.48. The van der Waals surface area contributed by atoms with E-state index in [1.54, 1.807) is 0 Å². The van der Waals surface area contributed by atoms with Crippen molar-refractivity contribution in [2.24, 2.45) is 5.73 Å². The molecule has 0 spiro atoms. The number of thiophene rings is 4. The molecule has 0 aliphatic heterocycles. The first-order valence-electron chi connectivity index (χ1n) is 11.5. The van der Waals surface area contributed by atoms with Gasteiger partial charge < -0.3 is 5.73 Å².